The molecule has 0 aliphatic heterocycles. The number of hydrogen-bond donors (Lipinski definition) is 1. The van der Waals surface area contributed by atoms with Gasteiger partial charge in [0.05, 0.1) is 0 Å². The number of carbonyl (C=O) groups is 1. The standard InChI is InChI=1S/C3H6O.C2H5NO/c1-3(2)4;1-2-3-4/h1-2H3;2-3H,1H3. The summed E-state index contributed by atoms with van der Waals surface area (Å²) in [5.74, 6) is 0.167. The molecule has 0 spiro atoms. The average Bonchev–Trinajstić information content (AvgIpc) is 1.65. The molecule has 0 unspecified atom stereocenters. The number of rotatable bonds is 0. The molecule has 0 aliphatic carbocycles. The van der Waals surface area contributed by atoms with Gasteiger partial charge >= 0.3 is 0 Å². The van der Waals surface area contributed by atoms with E-state index in [1.165, 1.54) is 20.1 Å². The van der Waals surface area contributed by atoms with Gasteiger partial charge in [-0.25, -0.2) is 5.16 Å². The highest BCUT2D eigenvalue weighted by molar-refractivity contribution is 5.72. The molecule has 48 valence electrons. The van der Waals surface area contributed by atoms with Crippen molar-refractivity contribution in [2.75, 3.05) is 0 Å². The number of ketones is 1. The fourth-order valence-electron chi connectivity index (χ4n) is 0. The normalized spacial score (nSPS) is 7.88. The lowest BCUT2D eigenvalue weighted by Gasteiger charge is -1.64. The van der Waals surface area contributed by atoms with Crippen LogP contribution >= 0.6 is 0 Å². The van der Waals surface area contributed by atoms with Gasteiger partial charge in [-0.3, -0.25) is 0 Å². The lowest BCUT2D eigenvalue weighted by molar-refractivity contribution is -0.367. The van der Waals surface area contributed by atoms with Gasteiger partial charge in [0.15, 0.2) is 0 Å². The molecule has 0 heterocycles. The molecule has 0 amide bonds. The molecule has 0 fully saturated rings. The fourth-order valence-corrected chi connectivity index (χ4v) is 0. The Morgan fingerprint density at radius 1 is 1.62 bits per heavy atom. The van der Waals surface area contributed by atoms with E-state index in [4.69, 9.17) is 5.21 Å². The zero-order valence-electron chi connectivity index (χ0n) is 5.39. The lowest BCUT2D eigenvalue weighted by Crippen LogP contribution is -2.59. The molecule has 8 heavy (non-hydrogen) atoms. The summed E-state index contributed by atoms with van der Waals surface area (Å²) in [6.45, 7) is 4.69. The largest absolute Gasteiger partial charge is 0.626 e. The fraction of sp³-hybridized carbons (Fsp3) is 0.600. The summed E-state index contributed by atoms with van der Waals surface area (Å²) in [6.07, 6.45) is 1.32. The Bertz CT molecular complexity index is 70.5. The molecule has 3 heteroatoms. The van der Waals surface area contributed by atoms with E-state index in [1.54, 1.807) is 12.1 Å². The molecule has 0 rings (SSSR count). The van der Waals surface area contributed by atoms with Gasteiger partial charge in [-0.1, -0.05) is 0 Å². The Kier molecular flexibility index (Phi) is 12.1. The van der Waals surface area contributed by atoms with Crippen molar-refractivity contribution in [3.05, 3.63) is 5.21 Å². The zero-order chi connectivity index (χ0) is 6.99. The van der Waals surface area contributed by atoms with Crippen molar-refractivity contribution in [1.29, 1.82) is 0 Å². The van der Waals surface area contributed by atoms with Crippen molar-refractivity contribution in [3.8, 4) is 0 Å². The monoisotopic (exact) mass is 117 g/mol. The average molecular weight is 117 g/mol. The van der Waals surface area contributed by atoms with E-state index >= 15 is 0 Å². The molecule has 0 atom stereocenters. The summed E-state index contributed by atoms with van der Waals surface area (Å²) < 4.78 is 0. The summed E-state index contributed by atoms with van der Waals surface area (Å²) >= 11 is 0. The summed E-state index contributed by atoms with van der Waals surface area (Å²) in [7, 11) is 0. The molecule has 3 nitrogen and oxygen atoms in total. The molecule has 0 aromatic heterocycles. The van der Waals surface area contributed by atoms with Crippen LogP contribution in [-0.2, 0) is 4.79 Å². The van der Waals surface area contributed by atoms with Crippen molar-refractivity contribution in [1.82, 2.24) is 0 Å². The maximum Gasteiger partial charge on any atom is 0.145 e. The quantitative estimate of drug-likeness (QED) is 0.258. The van der Waals surface area contributed by atoms with Crippen LogP contribution in [0.1, 0.15) is 20.8 Å². The summed E-state index contributed by atoms with van der Waals surface area (Å²) in [4.78, 5) is 9.44. The van der Waals surface area contributed by atoms with Gasteiger partial charge in [0.25, 0.3) is 0 Å². The first-order chi connectivity index (χ1) is 3.65. The summed E-state index contributed by atoms with van der Waals surface area (Å²) in [6, 6.07) is 0. The van der Waals surface area contributed by atoms with E-state index in [0.717, 1.165) is 0 Å². The molecule has 0 saturated heterocycles. The van der Waals surface area contributed by atoms with Crippen LogP contribution in [0.25, 0.3) is 0 Å². The number of Topliss-reactive ketones (excluding diaryl/α,β-unsaturated/α-hetero) is 1. The Morgan fingerprint density at radius 3 is 1.75 bits per heavy atom. The predicted molar refractivity (Wildman–Crippen MR) is 32.4 cm³/mol. The van der Waals surface area contributed by atoms with Crippen LogP contribution in [0.3, 0.4) is 0 Å². The van der Waals surface area contributed by atoms with Gasteiger partial charge in [0, 0.05) is 6.92 Å². The lowest BCUT2D eigenvalue weighted by atomic mass is 10.6. The Morgan fingerprint density at radius 2 is 1.75 bits per heavy atom. The Labute approximate surface area is 49.0 Å². The number of nitrogens with one attached hydrogen (secondary N) is 1. The van der Waals surface area contributed by atoms with Gasteiger partial charge in [0.2, 0.25) is 0 Å². The Hall–Kier alpha value is -0.860. The van der Waals surface area contributed by atoms with E-state index in [0.29, 0.717) is 0 Å². The van der Waals surface area contributed by atoms with Crippen LogP contribution in [0.4, 0.5) is 0 Å². The molecule has 0 radical (unpaired) electrons. The van der Waals surface area contributed by atoms with Crippen molar-refractivity contribution in [2.24, 2.45) is 0 Å². The first kappa shape index (κ1) is 10.2. The second-order valence-electron chi connectivity index (χ2n) is 1.31. The molecule has 0 bridgehead atoms. The maximum atomic E-state index is 9.44. The summed E-state index contributed by atoms with van der Waals surface area (Å²) in [5, 5.41) is 10.5. The minimum absolute atomic E-state index is 0.167. The van der Waals surface area contributed by atoms with Crippen molar-refractivity contribution in [2.45, 2.75) is 20.8 Å². The van der Waals surface area contributed by atoms with Crippen LogP contribution in [0.2, 0.25) is 0 Å². The highest BCUT2D eigenvalue weighted by Gasteiger charge is 1.62. The third kappa shape index (κ3) is 4490. The molecule has 0 aromatic rings. The van der Waals surface area contributed by atoms with E-state index in [-0.39, 0.29) is 5.78 Å². The minimum Gasteiger partial charge on any atom is -0.626 e. The SMILES string of the molecule is CC(C)=O.CC=[NH+][O-]. The van der Waals surface area contributed by atoms with E-state index in [9.17, 15) is 4.79 Å². The van der Waals surface area contributed by atoms with Crippen molar-refractivity contribution in [3.63, 3.8) is 0 Å². The maximum absolute atomic E-state index is 9.44. The second kappa shape index (κ2) is 9.46. The highest BCUT2D eigenvalue weighted by Crippen LogP contribution is 1.50. The van der Waals surface area contributed by atoms with Gasteiger partial charge in [-0.15, -0.1) is 0 Å². The van der Waals surface area contributed by atoms with Crippen LogP contribution < -0.4 is 5.16 Å². The molecule has 0 aromatic carbocycles. The van der Waals surface area contributed by atoms with Gasteiger partial charge in [0.1, 0.15) is 12.0 Å². The van der Waals surface area contributed by atoms with Gasteiger partial charge in [-0.05, 0) is 13.8 Å². The third-order valence-electron chi connectivity index (χ3n) is 0.118. The Balaban J connectivity index is 0. The van der Waals surface area contributed by atoms with Gasteiger partial charge < -0.3 is 10.0 Å². The van der Waals surface area contributed by atoms with E-state index < -0.39 is 0 Å². The highest BCUT2D eigenvalue weighted by atomic mass is 16.4. The van der Waals surface area contributed by atoms with Crippen LogP contribution in [0.5, 0.6) is 0 Å². The first-order valence-electron chi connectivity index (χ1n) is 2.27. The second-order valence-corrected chi connectivity index (χ2v) is 1.31. The third-order valence-corrected chi connectivity index (χ3v) is 0.118. The molecule has 0 saturated carbocycles. The first-order valence-corrected chi connectivity index (χ1v) is 2.27. The molecule has 0 aliphatic rings. The molecular weight excluding hydrogens is 106 g/mol. The smallest absolute Gasteiger partial charge is 0.145 e. The van der Waals surface area contributed by atoms with E-state index in [1.807, 2.05) is 0 Å². The summed E-state index contributed by atoms with van der Waals surface area (Å²) in [5.41, 5.74) is 0. The van der Waals surface area contributed by atoms with Crippen LogP contribution in [0.15, 0.2) is 0 Å². The molecular formula is C5H11NO2. The number of carbonyl (C=O) groups excluding carboxylic acids is 1. The predicted octanol–water partition coefficient (Wildman–Crippen LogP) is -0.749. The van der Waals surface area contributed by atoms with Crippen LogP contribution in [0, 0.1) is 5.21 Å². The van der Waals surface area contributed by atoms with Crippen molar-refractivity contribution < 1.29 is 9.95 Å². The topological polar surface area (TPSA) is 54.1 Å². The van der Waals surface area contributed by atoms with Crippen molar-refractivity contribution >= 4 is 12.0 Å². The number of hydrogen-bond acceptors (Lipinski definition) is 2. The molecule has 1 N–H and O–H groups in total. The minimum atomic E-state index is 0.167. The van der Waals surface area contributed by atoms with Crippen LogP contribution in [-0.4, -0.2) is 12.0 Å². The van der Waals surface area contributed by atoms with Gasteiger partial charge in [-0.2, -0.15) is 0 Å². The van der Waals surface area contributed by atoms with E-state index in [2.05, 4.69) is 0 Å². The zero-order valence-corrected chi connectivity index (χ0v) is 5.39.